The summed E-state index contributed by atoms with van der Waals surface area (Å²) in [6.07, 6.45) is 6.74. The predicted molar refractivity (Wildman–Crippen MR) is 207 cm³/mol. The van der Waals surface area contributed by atoms with E-state index in [1.165, 1.54) is 0 Å². The molecule has 5 aromatic heterocycles. The fraction of sp³-hybridized carbons (Fsp3) is 0.0526. The largest absolute Gasteiger partial charge is 0.397 e. The second kappa shape index (κ2) is 15.4. The molecule has 0 saturated carbocycles. The Hall–Kier alpha value is -5.76. The van der Waals surface area contributed by atoms with Gasteiger partial charge >= 0.3 is 0 Å². The number of nitrogen functional groups attached to an aromatic ring is 2. The number of aromatic nitrogens is 6. The minimum Gasteiger partial charge on any atom is -0.397 e. The Morgan fingerprint density at radius 1 is 0.569 bits per heavy atom. The molecule has 1 aliphatic carbocycles. The molecule has 11 nitrogen and oxygen atoms in total. The summed E-state index contributed by atoms with van der Waals surface area (Å²) in [7, 11) is 0. The van der Waals surface area contributed by atoms with Crippen molar-refractivity contribution in [2.24, 2.45) is 0 Å². The number of Topliss-reactive ketones (excluding diaryl/α,β-unsaturated/α-hetero) is 2. The molecule has 0 fully saturated rings. The molecule has 252 valence electrons. The van der Waals surface area contributed by atoms with Crippen LogP contribution in [-0.4, -0.2) is 53.2 Å². The van der Waals surface area contributed by atoms with Gasteiger partial charge in [-0.1, -0.05) is 31.9 Å². The van der Waals surface area contributed by atoms with E-state index in [1.54, 1.807) is 68.1 Å². The lowest BCUT2D eigenvalue weighted by Crippen LogP contribution is -2.22. The zero-order chi connectivity index (χ0) is 36.1. The average Bonchev–Trinajstić information content (AvgIpc) is 3.16. The van der Waals surface area contributed by atoms with Gasteiger partial charge in [0.15, 0.2) is 0 Å². The number of hydrogen-bond acceptors (Lipinski definition) is 11. The zero-order valence-electron chi connectivity index (χ0n) is 27.0. The zero-order valence-corrected chi connectivity index (χ0v) is 30.1. The molecule has 5 heterocycles. The second-order valence-electron chi connectivity index (χ2n) is 10.9. The summed E-state index contributed by atoms with van der Waals surface area (Å²) >= 11 is 6.76. The first kappa shape index (κ1) is 35.1. The monoisotopic (exact) mass is 802 g/mol. The topological polar surface area (TPSA) is 184 Å². The molecule has 0 spiro atoms. The van der Waals surface area contributed by atoms with Gasteiger partial charge < -0.3 is 16.6 Å². The highest BCUT2D eigenvalue weighted by Gasteiger charge is 2.31. The number of carbonyl (C=O) groups excluding carboxylic acids is 2. The standard InChI is InChI=1S/C18H9BrN4.C12H6N2O2.C6H7BrN2.C2H6O/c19-10-5-6-13-14(9-10)23-18-12-4-2-8-21-16(12)15-11(17(18)22-13)3-1-7-20-15;15-11-7-3-1-5-13-9(7)10-8(12(11)16)4-2-6-14-10;7-4-1-2-5(8)6(9)3-4;1-2-3/h1-9H;1-6H;1-3H,8-9H2;3H,2H2,1H3. The molecule has 51 heavy (non-hydrogen) atoms. The highest BCUT2D eigenvalue weighted by Crippen LogP contribution is 2.32. The van der Waals surface area contributed by atoms with E-state index >= 15 is 0 Å². The average molecular weight is 805 g/mol. The van der Waals surface area contributed by atoms with Crippen molar-refractivity contribution in [2.45, 2.75) is 6.92 Å². The van der Waals surface area contributed by atoms with Crippen LogP contribution >= 0.6 is 31.9 Å². The Bertz CT molecular complexity index is 2550. The van der Waals surface area contributed by atoms with Gasteiger partial charge in [0, 0.05) is 51.1 Å². The summed E-state index contributed by atoms with van der Waals surface area (Å²) in [5, 5.41) is 9.52. The second-order valence-corrected chi connectivity index (χ2v) is 12.7. The SMILES string of the molecule is Brc1ccc2nc3c4cccnc4c4ncccc4c3nc2c1.CCO.Nc1ccc(Br)cc1N.O=C1C(=O)c2cccnc2-c2ncccc21. The minimum atomic E-state index is -0.511. The Kier molecular flexibility index (Phi) is 10.6. The van der Waals surface area contributed by atoms with E-state index in [4.69, 9.17) is 26.5 Å². The van der Waals surface area contributed by atoms with Gasteiger partial charge in [0.25, 0.3) is 0 Å². The van der Waals surface area contributed by atoms with Crippen LogP contribution in [0.5, 0.6) is 0 Å². The molecule has 0 radical (unpaired) electrons. The van der Waals surface area contributed by atoms with E-state index in [-0.39, 0.29) is 6.61 Å². The maximum atomic E-state index is 11.8. The van der Waals surface area contributed by atoms with Crippen molar-refractivity contribution in [3.63, 3.8) is 0 Å². The van der Waals surface area contributed by atoms with Crippen LogP contribution in [0.25, 0.3) is 55.3 Å². The third-order valence-electron chi connectivity index (χ3n) is 7.56. The van der Waals surface area contributed by atoms with Crippen molar-refractivity contribution in [2.75, 3.05) is 18.1 Å². The molecule has 0 bridgehead atoms. The normalized spacial score (nSPS) is 11.5. The first-order valence-electron chi connectivity index (χ1n) is 15.5. The summed E-state index contributed by atoms with van der Waals surface area (Å²) in [5.41, 5.74) is 19.0. The van der Waals surface area contributed by atoms with Crippen molar-refractivity contribution >= 4 is 98.7 Å². The summed E-state index contributed by atoms with van der Waals surface area (Å²) in [4.78, 5) is 50.5. The van der Waals surface area contributed by atoms with Gasteiger partial charge in [-0.25, -0.2) is 9.97 Å². The molecule has 0 atom stereocenters. The third kappa shape index (κ3) is 7.26. The van der Waals surface area contributed by atoms with Gasteiger partial charge in [0.1, 0.15) is 11.4 Å². The number of hydrogen-bond donors (Lipinski definition) is 3. The number of anilines is 2. The first-order chi connectivity index (χ1) is 24.7. The smallest absolute Gasteiger partial charge is 0.235 e. The van der Waals surface area contributed by atoms with Gasteiger partial charge in [-0.05, 0) is 91.9 Å². The molecule has 0 saturated heterocycles. The van der Waals surface area contributed by atoms with E-state index in [2.05, 4.69) is 51.8 Å². The molecule has 1 aliphatic rings. The van der Waals surface area contributed by atoms with Gasteiger partial charge in [-0.15, -0.1) is 0 Å². The van der Waals surface area contributed by atoms with Crippen LogP contribution in [-0.2, 0) is 0 Å². The van der Waals surface area contributed by atoms with E-state index < -0.39 is 11.6 Å². The fourth-order valence-corrected chi connectivity index (χ4v) is 6.05. The maximum Gasteiger partial charge on any atom is 0.235 e. The van der Waals surface area contributed by atoms with Crippen LogP contribution in [0, 0.1) is 0 Å². The van der Waals surface area contributed by atoms with E-state index in [9.17, 15) is 9.59 Å². The molecular weight excluding hydrogens is 776 g/mol. The number of nitrogens with zero attached hydrogens (tertiary/aromatic N) is 6. The van der Waals surface area contributed by atoms with Gasteiger partial charge in [0.05, 0.1) is 55.6 Å². The Labute approximate surface area is 308 Å². The molecule has 13 heteroatoms. The molecule has 0 amide bonds. The molecule has 8 aromatic rings. The fourth-order valence-electron chi connectivity index (χ4n) is 5.32. The number of carbonyl (C=O) groups is 2. The number of aliphatic hydroxyl groups excluding tert-OH is 1. The molecule has 3 aromatic carbocycles. The molecule has 5 N–H and O–H groups in total. The van der Waals surface area contributed by atoms with Crippen LogP contribution < -0.4 is 11.5 Å². The summed E-state index contributed by atoms with van der Waals surface area (Å²) in [5.74, 6) is -1.02. The summed E-state index contributed by atoms with van der Waals surface area (Å²) < 4.78 is 1.94. The van der Waals surface area contributed by atoms with E-state index in [0.29, 0.717) is 33.9 Å². The lowest BCUT2D eigenvalue weighted by atomic mass is 9.91. The van der Waals surface area contributed by atoms with Gasteiger partial charge in [-0.2, -0.15) is 0 Å². The number of halogens is 2. The van der Waals surface area contributed by atoms with Crippen LogP contribution in [0.15, 0.2) is 119 Å². The predicted octanol–water partition coefficient (Wildman–Crippen LogP) is 7.78. The number of benzene rings is 3. The highest BCUT2D eigenvalue weighted by atomic mass is 79.9. The summed E-state index contributed by atoms with van der Waals surface area (Å²) in [6, 6.07) is 25.7. The summed E-state index contributed by atoms with van der Waals surface area (Å²) in [6.45, 7) is 1.93. The van der Waals surface area contributed by atoms with Crippen LogP contribution in [0.4, 0.5) is 11.4 Å². The van der Waals surface area contributed by atoms with Crippen molar-refractivity contribution in [1.82, 2.24) is 29.9 Å². The Morgan fingerprint density at radius 2 is 1.02 bits per heavy atom. The number of nitrogens with two attached hydrogens (primary N) is 2. The van der Waals surface area contributed by atoms with E-state index in [0.717, 1.165) is 52.8 Å². The van der Waals surface area contributed by atoms with Crippen molar-refractivity contribution < 1.29 is 14.7 Å². The maximum absolute atomic E-state index is 11.8. The Balaban J connectivity index is 0.000000139. The Morgan fingerprint density at radius 3 is 1.53 bits per heavy atom. The highest BCUT2D eigenvalue weighted by molar-refractivity contribution is 9.10. The number of ketones is 2. The van der Waals surface area contributed by atoms with Crippen LogP contribution in [0.1, 0.15) is 27.6 Å². The van der Waals surface area contributed by atoms with E-state index in [1.807, 2.05) is 48.5 Å². The quantitative estimate of drug-likeness (QED) is 0.0589. The number of rotatable bonds is 0. The van der Waals surface area contributed by atoms with Crippen molar-refractivity contribution in [3.8, 4) is 11.4 Å². The lowest BCUT2D eigenvalue weighted by Gasteiger charge is -2.14. The van der Waals surface area contributed by atoms with Crippen molar-refractivity contribution in [3.05, 3.63) is 130 Å². The molecule has 0 unspecified atom stereocenters. The van der Waals surface area contributed by atoms with Gasteiger partial charge in [0.2, 0.25) is 11.6 Å². The first-order valence-corrected chi connectivity index (χ1v) is 17.1. The number of fused-ring (bicyclic) bond motifs is 10. The molecule has 9 rings (SSSR count). The minimum absolute atomic E-state index is 0.250. The number of aliphatic hydroxyl groups is 1. The van der Waals surface area contributed by atoms with Crippen molar-refractivity contribution in [1.29, 1.82) is 0 Å². The number of pyridine rings is 4. The molecular formula is C38H28Br2N8O3. The lowest BCUT2D eigenvalue weighted by molar-refractivity contribution is 0.0814. The van der Waals surface area contributed by atoms with Crippen LogP contribution in [0.3, 0.4) is 0 Å². The van der Waals surface area contributed by atoms with Gasteiger partial charge in [-0.3, -0.25) is 29.5 Å². The van der Waals surface area contributed by atoms with Crippen LogP contribution in [0.2, 0.25) is 0 Å². The third-order valence-corrected chi connectivity index (χ3v) is 8.55. The molecule has 0 aliphatic heterocycles.